The lowest BCUT2D eigenvalue weighted by Gasteiger charge is -2.22. The van der Waals surface area contributed by atoms with Crippen LogP contribution >= 0.6 is 24.0 Å². The summed E-state index contributed by atoms with van der Waals surface area (Å²) in [5.41, 5.74) is 2.44. The van der Waals surface area contributed by atoms with E-state index in [2.05, 4.69) is 10.3 Å². The molecule has 0 spiro atoms. The van der Waals surface area contributed by atoms with E-state index in [1.54, 1.807) is 31.3 Å². The van der Waals surface area contributed by atoms with Crippen molar-refractivity contribution in [1.29, 1.82) is 0 Å². The van der Waals surface area contributed by atoms with Crippen molar-refractivity contribution in [3.05, 3.63) is 70.8 Å². The number of nitrogens with one attached hydrogen (secondary N) is 1. The normalized spacial score (nSPS) is 11.0. The fourth-order valence-electron chi connectivity index (χ4n) is 2.51. The first-order valence-electron chi connectivity index (χ1n) is 7.96. The van der Waals surface area contributed by atoms with Crippen LogP contribution in [0.1, 0.15) is 16.7 Å². The fourth-order valence-corrected chi connectivity index (χ4v) is 2.51. The Hall–Kier alpha value is -1.74. The monoisotopic (exact) mass is 475 g/mol. The highest BCUT2D eigenvalue weighted by atomic mass is 127. The van der Waals surface area contributed by atoms with Gasteiger partial charge in [0.1, 0.15) is 11.6 Å². The molecule has 0 atom stereocenters. The highest BCUT2D eigenvalue weighted by Crippen LogP contribution is 2.12. The smallest absolute Gasteiger partial charge is 0.193 e. The largest absolute Gasteiger partial charge is 0.380 e. The van der Waals surface area contributed by atoms with E-state index < -0.39 is 0 Å². The third kappa shape index (κ3) is 6.53. The highest BCUT2D eigenvalue weighted by Gasteiger charge is 2.08. The van der Waals surface area contributed by atoms with E-state index in [9.17, 15) is 8.78 Å². The molecule has 0 aliphatic carbocycles. The molecule has 0 bridgehead atoms. The Morgan fingerprint density at radius 3 is 2.38 bits per heavy atom. The second-order valence-corrected chi connectivity index (χ2v) is 5.74. The minimum absolute atomic E-state index is 0. The zero-order valence-corrected chi connectivity index (χ0v) is 17.5. The Balaban J connectivity index is 0.00000338. The maximum absolute atomic E-state index is 13.7. The van der Waals surface area contributed by atoms with Crippen LogP contribution in [0.4, 0.5) is 8.78 Å². The van der Waals surface area contributed by atoms with Gasteiger partial charge < -0.3 is 15.0 Å². The fraction of sp³-hybridized carbons (Fsp3) is 0.316. The first kappa shape index (κ1) is 22.3. The number of hydrogen-bond donors (Lipinski definition) is 1. The Kier molecular flexibility index (Phi) is 9.50. The van der Waals surface area contributed by atoms with Gasteiger partial charge in [0.05, 0.1) is 6.61 Å². The molecule has 0 radical (unpaired) electrons. The molecule has 1 N–H and O–H groups in total. The average Bonchev–Trinajstić information content (AvgIpc) is 2.60. The Labute approximate surface area is 170 Å². The summed E-state index contributed by atoms with van der Waals surface area (Å²) in [6, 6.07) is 11.3. The van der Waals surface area contributed by atoms with Gasteiger partial charge in [-0.25, -0.2) is 8.78 Å². The lowest BCUT2D eigenvalue weighted by atomic mass is 10.1. The maximum atomic E-state index is 13.7. The topological polar surface area (TPSA) is 36.9 Å². The summed E-state index contributed by atoms with van der Waals surface area (Å²) in [5.74, 6) is 0.169. The molecular weight excluding hydrogens is 451 g/mol. The van der Waals surface area contributed by atoms with Crippen molar-refractivity contribution >= 4 is 29.9 Å². The van der Waals surface area contributed by atoms with E-state index in [-0.39, 0.29) is 42.2 Å². The van der Waals surface area contributed by atoms with Crippen LogP contribution in [0.15, 0.2) is 47.5 Å². The first-order valence-corrected chi connectivity index (χ1v) is 7.96. The van der Waals surface area contributed by atoms with E-state index in [1.165, 1.54) is 25.3 Å². The number of ether oxygens (including phenoxy) is 1. The van der Waals surface area contributed by atoms with Crippen molar-refractivity contribution in [3.63, 3.8) is 0 Å². The van der Waals surface area contributed by atoms with Crippen molar-refractivity contribution < 1.29 is 13.5 Å². The number of guanidine groups is 1. The SMILES string of the molecule is CN=C(NCc1ccc(F)c(COC)c1)N(C)Cc1ccc(F)cc1.I. The molecule has 0 unspecified atom stereocenters. The number of rotatable bonds is 6. The molecule has 7 heteroatoms. The van der Waals surface area contributed by atoms with Crippen molar-refractivity contribution in [3.8, 4) is 0 Å². The van der Waals surface area contributed by atoms with Crippen molar-refractivity contribution in [2.75, 3.05) is 21.2 Å². The van der Waals surface area contributed by atoms with Gasteiger partial charge in [0, 0.05) is 39.9 Å². The standard InChI is InChI=1S/C19H23F2N3O.HI/c1-22-19(24(2)12-14-4-7-17(20)8-5-14)23-11-15-6-9-18(21)16(10-15)13-25-3;/h4-10H,11-13H2,1-3H3,(H,22,23);1H. The van der Waals surface area contributed by atoms with Crippen LogP contribution in [0.25, 0.3) is 0 Å². The number of hydrogen-bond acceptors (Lipinski definition) is 2. The predicted molar refractivity (Wildman–Crippen MR) is 111 cm³/mol. The molecule has 0 heterocycles. The van der Waals surface area contributed by atoms with Gasteiger partial charge in [-0.2, -0.15) is 0 Å². The van der Waals surface area contributed by atoms with Crippen LogP contribution in [0.3, 0.4) is 0 Å². The molecule has 2 aromatic carbocycles. The average molecular weight is 475 g/mol. The van der Waals surface area contributed by atoms with E-state index in [0.29, 0.717) is 24.6 Å². The lowest BCUT2D eigenvalue weighted by molar-refractivity contribution is 0.181. The Morgan fingerprint density at radius 2 is 1.77 bits per heavy atom. The zero-order chi connectivity index (χ0) is 18.2. The van der Waals surface area contributed by atoms with E-state index in [0.717, 1.165) is 11.1 Å². The molecule has 4 nitrogen and oxygen atoms in total. The second-order valence-electron chi connectivity index (χ2n) is 5.74. The molecule has 2 aromatic rings. The summed E-state index contributed by atoms with van der Waals surface area (Å²) in [7, 11) is 5.14. The number of halogens is 3. The first-order chi connectivity index (χ1) is 12.0. The van der Waals surface area contributed by atoms with Gasteiger partial charge in [-0.05, 0) is 35.4 Å². The third-order valence-corrected chi connectivity index (χ3v) is 3.77. The van der Waals surface area contributed by atoms with Gasteiger partial charge in [0.15, 0.2) is 5.96 Å². The molecule has 0 aliphatic heterocycles. The minimum atomic E-state index is -0.275. The third-order valence-electron chi connectivity index (χ3n) is 3.77. The van der Waals surface area contributed by atoms with E-state index in [1.807, 2.05) is 11.9 Å². The molecular formula is C19H24F2IN3O. The predicted octanol–water partition coefficient (Wildman–Crippen LogP) is 3.94. The zero-order valence-electron chi connectivity index (χ0n) is 15.1. The molecule has 0 saturated carbocycles. The Bertz CT molecular complexity index is 723. The minimum Gasteiger partial charge on any atom is -0.380 e. The highest BCUT2D eigenvalue weighted by molar-refractivity contribution is 14.0. The van der Waals surface area contributed by atoms with Crippen LogP contribution < -0.4 is 5.32 Å². The van der Waals surface area contributed by atoms with Gasteiger partial charge >= 0.3 is 0 Å². The van der Waals surface area contributed by atoms with E-state index >= 15 is 0 Å². The van der Waals surface area contributed by atoms with Gasteiger partial charge in [-0.3, -0.25) is 4.99 Å². The van der Waals surface area contributed by atoms with Crippen molar-refractivity contribution in [2.45, 2.75) is 19.7 Å². The van der Waals surface area contributed by atoms with Gasteiger partial charge in [0.2, 0.25) is 0 Å². The van der Waals surface area contributed by atoms with Gasteiger partial charge in [-0.1, -0.05) is 18.2 Å². The summed E-state index contributed by atoms with van der Waals surface area (Å²) in [6.07, 6.45) is 0. The summed E-state index contributed by atoms with van der Waals surface area (Å²) in [4.78, 5) is 6.19. The van der Waals surface area contributed by atoms with Crippen LogP contribution in [-0.4, -0.2) is 32.1 Å². The number of aliphatic imine (C=N–C) groups is 1. The summed E-state index contributed by atoms with van der Waals surface area (Å²) < 4.78 is 31.7. The Morgan fingerprint density at radius 1 is 1.12 bits per heavy atom. The summed E-state index contributed by atoms with van der Waals surface area (Å²) in [5, 5.41) is 3.24. The summed E-state index contributed by atoms with van der Waals surface area (Å²) in [6.45, 7) is 1.34. The molecule has 0 saturated heterocycles. The quantitative estimate of drug-likeness (QED) is 0.391. The van der Waals surface area contributed by atoms with Gasteiger partial charge in [-0.15, -0.1) is 24.0 Å². The van der Waals surface area contributed by atoms with Gasteiger partial charge in [0.25, 0.3) is 0 Å². The number of nitrogens with zero attached hydrogens (tertiary/aromatic N) is 2. The second kappa shape index (κ2) is 11.1. The van der Waals surface area contributed by atoms with E-state index in [4.69, 9.17) is 4.74 Å². The maximum Gasteiger partial charge on any atom is 0.193 e. The summed E-state index contributed by atoms with van der Waals surface area (Å²) >= 11 is 0. The van der Waals surface area contributed by atoms with Crippen LogP contribution in [0.2, 0.25) is 0 Å². The molecule has 0 fully saturated rings. The molecule has 2 rings (SSSR count). The molecule has 26 heavy (non-hydrogen) atoms. The van der Waals surface area contributed by atoms with Crippen LogP contribution in [-0.2, 0) is 24.4 Å². The molecule has 0 amide bonds. The molecule has 0 aromatic heterocycles. The number of methoxy groups -OCH3 is 1. The number of benzene rings is 2. The van der Waals surface area contributed by atoms with Crippen molar-refractivity contribution in [2.24, 2.45) is 4.99 Å². The van der Waals surface area contributed by atoms with Crippen LogP contribution in [0.5, 0.6) is 0 Å². The van der Waals surface area contributed by atoms with Crippen molar-refractivity contribution in [1.82, 2.24) is 10.2 Å². The lowest BCUT2D eigenvalue weighted by Crippen LogP contribution is -2.38. The van der Waals surface area contributed by atoms with Crippen LogP contribution in [0, 0.1) is 11.6 Å². The molecule has 0 aliphatic rings. The molecule has 142 valence electrons.